The van der Waals surface area contributed by atoms with Crippen molar-refractivity contribution in [2.24, 2.45) is 0 Å². The van der Waals surface area contributed by atoms with Gasteiger partial charge in [0.2, 0.25) is 0 Å². The van der Waals surface area contributed by atoms with Crippen LogP contribution in [-0.4, -0.2) is 15.8 Å². The van der Waals surface area contributed by atoms with Gasteiger partial charge in [-0.05, 0) is 0 Å². The molecular formula is CH6NO4S-. The van der Waals surface area contributed by atoms with Crippen molar-refractivity contribution in [2.45, 2.75) is 0 Å². The molecule has 0 radical (unpaired) electrons. The zero-order valence-electron chi connectivity index (χ0n) is 5.54. The molecule has 0 bridgehead atoms. The molecule has 0 aliphatic heterocycles. The third-order valence-corrected chi connectivity index (χ3v) is 0.167. The van der Waals surface area contributed by atoms with Crippen molar-refractivity contribution >= 4 is 11.4 Å². The SMILES string of the molecule is O=S([O-])O[O-].[3H][NH+]([3H])C. The second-order valence-corrected chi connectivity index (χ2v) is 0.816. The van der Waals surface area contributed by atoms with Crippen LogP contribution >= 0.6 is 0 Å². The van der Waals surface area contributed by atoms with E-state index >= 15 is 0 Å². The van der Waals surface area contributed by atoms with Crippen LogP contribution in [0.4, 0.5) is 0 Å². The predicted molar refractivity (Wildman–Crippen MR) is 18.8 cm³/mol. The first kappa shape index (κ1) is 5.13. The Balaban J connectivity index is 0. The van der Waals surface area contributed by atoms with E-state index in [9.17, 15) is 0 Å². The van der Waals surface area contributed by atoms with Crippen molar-refractivity contribution in [3.05, 3.63) is 0 Å². The molecule has 0 aromatic heterocycles. The smallest absolute Gasteiger partial charge is 0.344 e. The van der Waals surface area contributed by atoms with Gasteiger partial charge in [0.25, 0.3) is 0 Å². The molecule has 7 heavy (non-hydrogen) atoms. The Labute approximate surface area is 46.4 Å². The van der Waals surface area contributed by atoms with Crippen molar-refractivity contribution in [1.29, 1.82) is 0 Å². The largest absolute Gasteiger partial charge is 0.750 e. The third kappa shape index (κ3) is 24.1. The fraction of sp³-hybridized carbons (Fsp3) is 1.00. The van der Waals surface area contributed by atoms with Gasteiger partial charge in [-0.3, -0.25) is 0 Å². The summed E-state index contributed by atoms with van der Waals surface area (Å²) in [5, 5.41) is 8.52. The van der Waals surface area contributed by atoms with Gasteiger partial charge in [0, 0.05) is 0 Å². The Hall–Kier alpha value is -0.0100. The fourth-order valence-electron chi connectivity index (χ4n) is 0. The Bertz CT molecular complexity index is 76.2. The Morgan fingerprint density at radius 1 is 2.14 bits per heavy atom. The van der Waals surface area contributed by atoms with E-state index in [4.69, 9.17) is 16.8 Å². The molecule has 0 heterocycles. The van der Waals surface area contributed by atoms with Gasteiger partial charge < -0.3 is 19.9 Å². The van der Waals surface area contributed by atoms with Gasteiger partial charge in [-0.25, -0.2) is 4.21 Å². The third-order valence-electron chi connectivity index (χ3n) is 0.0556. The molecule has 1 atom stereocenters. The van der Waals surface area contributed by atoms with E-state index in [2.05, 4.69) is 4.33 Å². The van der Waals surface area contributed by atoms with Gasteiger partial charge in [0.1, 0.15) is 0 Å². The van der Waals surface area contributed by atoms with Crippen LogP contribution in [0.3, 0.4) is 0 Å². The van der Waals surface area contributed by atoms with E-state index in [1.165, 1.54) is 7.05 Å². The number of rotatable bonds is 1. The van der Waals surface area contributed by atoms with Crippen LogP contribution in [0.5, 0.6) is 0 Å². The summed E-state index contributed by atoms with van der Waals surface area (Å²) < 4.78 is 32.4. The topological polar surface area (TPSA) is 100 Å². The minimum absolute atomic E-state index is 0.0833. The minimum Gasteiger partial charge on any atom is -0.750 e. The van der Waals surface area contributed by atoms with E-state index in [0.29, 0.717) is 0 Å². The van der Waals surface area contributed by atoms with E-state index in [-0.39, 0.29) is 5.72 Å². The van der Waals surface area contributed by atoms with Gasteiger partial charge in [-0.15, -0.1) is 0 Å². The van der Waals surface area contributed by atoms with Crippen molar-refractivity contribution in [2.75, 3.05) is 7.05 Å². The van der Waals surface area contributed by atoms with Crippen LogP contribution in [0.15, 0.2) is 0 Å². The second-order valence-electron chi connectivity index (χ2n) is 0.272. The molecule has 0 saturated heterocycles. The summed E-state index contributed by atoms with van der Waals surface area (Å²) >= 11 is -2.88. The molecule has 0 aromatic carbocycles. The quantitative estimate of drug-likeness (QED) is 0.232. The van der Waals surface area contributed by atoms with Crippen LogP contribution in [0.25, 0.3) is 0 Å². The first-order chi connectivity index (χ1) is 4.00. The lowest BCUT2D eigenvalue weighted by molar-refractivity contribution is -0.635. The van der Waals surface area contributed by atoms with Crippen LogP contribution in [0, 0.1) is 0 Å². The fourth-order valence-corrected chi connectivity index (χ4v) is 0. The molecule has 46 valence electrons. The second kappa shape index (κ2) is 9.37. The molecule has 5 nitrogen and oxygen atoms in total. The van der Waals surface area contributed by atoms with Gasteiger partial charge in [0.05, 0.1) is 18.4 Å². The van der Waals surface area contributed by atoms with Crippen LogP contribution in [-0.2, 0) is 15.7 Å². The maximum absolute atomic E-state index is 8.83. The molecule has 0 saturated carbocycles. The summed E-state index contributed by atoms with van der Waals surface area (Å²) in [7, 11) is 1.42. The van der Waals surface area contributed by atoms with Crippen molar-refractivity contribution in [3.8, 4) is 0 Å². The Morgan fingerprint density at radius 2 is 2.29 bits per heavy atom. The first-order valence-corrected chi connectivity index (χ1v) is 2.17. The molecule has 0 amide bonds. The molecule has 0 rings (SSSR count). The highest BCUT2D eigenvalue weighted by atomic mass is 32.2. The lowest BCUT2D eigenvalue weighted by Crippen LogP contribution is -2.40. The highest BCUT2D eigenvalue weighted by molar-refractivity contribution is 7.73. The van der Waals surface area contributed by atoms with Gasteiger partial charge in [0.15, 0.2) is 0 Å². The molecule has 3 N–H and O–H groups in total. The van der Waals surface area contributed by atoms with Crippen LogP contribution in [0.1, 0.15) is 0 Å². The monoisotopic (exact) mass is 132 g/mol. The number of hydrogen-bond donors (Lipinski definition) is 1. The average Bonchev–Trinajstić information content (AvgIpc) is 1.65. The van der Waals surface area contributed by atoms with E-state index in [1.54, 1.807) is 0 Å². The lowest BCUT2D eigenvalue weighted by atomic mass is 11.6. The molecule has 6 heteroatoms. The zero-order chi connectivity index (χ0) is 7.86. The van der Waals surface area contributed by atoms with E-state index in [0.717, 1.165) is 0 Å². The highest BCUT2D eigenvalue weighted by Crippen LogP contribution is 1.57. The predicted octanol–water partition coefficient (Wildman–Crippen LogP) is -3.07. The highest BCUT2D eigenvalue weighted by Gasteiger charge is 1.51. The summed E-state index contributed by atoms with van der Waals surface area (Å²) in [6.07, 6.45) is 0. The maximum atomic E-state index is 8.83. The number of quaternary nitrogens is 1. The standard InChI is InChI=1S/CH5N.H2O4S/c1-2;1-4-5(2)3/h2H2,1H3;1H,(H,2,3)/p-1/i/hT2. The van der Waals surface area contributed by atoms with Crippen molar-refractivity contribution in [3.63, 3.8) is 0 Å². The lowest BCUT2D eigenvalue weighted by Gasteiger charge is -2.05. The summed E-state index contributed by atoms with van der Waals surface area (Å²) in [4.78, 5) is 0. The van der Waals surface area contributed by atoms with Gasteiger partial charge in [-0.2, -0.15) is 0 Å². The molecule has 0 fully saturated rings. The molecule has 0 spiro atoms. The van der Waals surface area contributed by atoms with Crippen molar-refractivity contribution < 1.29 is 26.9 Å². The zero-order valence-corrected chi connectivity index (χ0v) is 4.36. The summed E-state index contributed by atoms with van der Waals surface area (Å²) in [6, 6.07) is 0. The van der Waals surface area contributed by atoms with Gasteiger partial charge in [-0.1, -0.05) is 0 Å². The molecule has 0 aromatic rings. The first-order valence-electron chi connectivity index (χ1n) is 2.17. The van der Waals surface area contributed by atoms with Gasteiger partial charge >= 0.3 is 2.82 Å². The Morgan fingerprint density at radius 3 is 2.29 bits per heavy atom. The van der Waals surface area contributed by atoms with Crippen LogP contribution in [0.2, 0.25) is 2.82 Å². The summed E-state index contributed by atoms with van der Waals surface area (Å²) in [5.41, 5.74) is -0.0833. The molecule has 0 aliphatic carbocycles. The Kier molecular flexibility index (Phi) is 6.87. The molecule has 1 unspecified atom stereocenters. The average molecular weight is 132 g/mol. The van der Waals surface area contributed by atoms with E-state index in [1.807, 2.05) is 0 Å². The minimum atomic E-state index is -2.88. The van der Waals surface area contributed by atoms with Crippen molar-refractivity contribution in [1.82, 2.24) is 0 Å². The summed E-state index contributed by atoms with van der Waals surface area (Å²) in [6.45, 7) is 0. The molecule has 0 aliphatic rings. The van der Waals surface area contributed by atoms with Crippen LogP contribution < -0.4 is 11.0 Å². The summed E-state index contributed by atoms with van der Waals surface area (Å²) in [5.74, 6) is 0. The molecular weight excluding hydrogens is 122 g/mol. The van der Waals surface area contributed by atoms with E-state index < -0.39 is 11.4 Å². The number of hydrogen-bond acceptors (Lipinski definition) is 4. The maximum Gasteiger partial charge on any atom is 0.344 e. The normalized spacial score (nSPS) is 16.0.